The molecule has 1 amide bonds. The molecule has 80 valence electrons. The van der Waals surface area contributed by atoms with Crippen molar-refractivity contribution < 1.29 is 9.53 Å². The van der Waals surface area contributed by atoms with Crippen LogP contribution in [0.25, 0.3) is 0 Å². The zero-order chi connectivity index (χ0) is 10.8. The van der Waals surface area contributed by atoms with Crippen LogP contribution in [-0.2, 0) is 9.53 Å². The second kappa shape index (κ2) is 4.13. The minimum atomic E-state index is -0.0138. The van der Waals surface area contributed by atoms with Crippen molar-refractivity contribution in [3.05, 3.63) is 12.2 Å². The first-order valence-electron chi connectivity index (χ1n) is 4.98. The number of rotatable bonds is 3. The molecule has 1 fully saturated rings. The number of hydrogen-bond acceptors (Lipinski definition) is 2. The fourth-order valence-corrected chi connectivity index (χ4v) is 1.90. The first-order valence-corrected chi connectivity index (χ1v) is 4.98. The van der Waals surface area contributed by atoms with E-state index in [0.717, 1.165) is 6.42 Å². The standard InChI is InChI=1S/C11H19NO2/c1-5-6-10(13)12-8-7-9(14-4)11(8,2)3/h5-6,8-9H,7H2,1-4H3,(H,12,13)/b6-5+. The number of amides is 1. The Morgan fingerprint density at radius 2 is 2.21 bits per heavy atom. The van der Waals surface area contributed by atoms with E-state index in [1.165, 1.54) is 0 Å². The van der Waals surface area contributed by atoms with Crippen LogP contribution in [0.3, 0.4) is 0 Å². The van der Waals surface area contributed by atoms with Crippen LogP contribution in [-0.4, -0.2) is 25.2 Å². The van der Waals surface area contributed by atoms with Gasteiger partial charge in [-0.1, -0.05) is 19.9 Å². The molecule has 0 aromatic carbocycles. The normalized spacial score (nSPS) is 30.0. The molecule has 1 saturated carbocycles. The summed E-state index contributed by atoms with van der Waals surface area (Å²) in [6.07, 6.45) is 4.47. The minimum Gasteiger partial charge on any atom is -0.381 e. The number of carbonyl (C=O) groups excluding carboxylic acids is 1. The summed E-state index contributed by atoms with van der Waals surface area (Å²) in [7, 11) is 1.72. The van der Waals surface area contributed by atoms with Crippen molar-refractivity contribution in [3.8, 4) is 0 Å². The third kappa shape index (κ3) is 1.98. The lowest BCUT2D eigenvalue weighted by Crippen LogP contribution is -2.61. The van der Waals surface area contributed by atoms with Gasteiger partial charge in [-0.05, 0) is 19.4 Å². The molecule has 2 atom stereocenters. The van der Waals surface area contributed by atoms with E-state index in [0.29, 0.717) is 0 Å². The Bertz CT molecular complexity index is 246. The maximum Gasteiger partial charge on any atom is 0.243 e. The Morgan fingerprint density at radius 3 is 2.64 bits per heavy atom. The highest BCUT2D eigenvalue weighted by atomic mass is 16.5. The molecular weight excluding hydrogens is 178 g/mol. The lowest BCUT2D eigenvalue weighted by molar-refractivity contribution is -0.128. The summed E-state index contributed by atoms with van der Waals surface area (Å²) >= 11 is 0. The first-order chi connectivity index (χ1) is 6.52. The number of ether oxygens (including phenoxy) is 1. The summed E-state index contributed by atoms with van der Waals surface area (Å²) in [5, 5.41) is 2.97. The van der Waals surface area contributed by atoms with Crippen LogP contribution < -0.4 is 5.32 Å². The van der Waals surface area contributed by atoms with Crippen LogP contribution in [0.2, 0.25) is 0 Å². The summed E-state index contributed by atoms with van der Waals surface area (Å²) in [5.74, 6) is -0.0138. The molecule has 0 aliphatic heterocycles. The first kappa shape index (κ1) is 11.2. The Hall–Kier alpha value is -0.830. The maximum absolute atomic E-state index is 11.3. The third-order valence-corrected chi connectivity index (χ3v) is 3.10. The average molecular weight is 197 g/mol. The van der Waals surface area contributed by atoms with Crippen LogP contribution in [0.15, 0.2) is 12.2 Å². The molecule has 1 aliphatic carbocycles. The molecular formula is C11H19NO2. The predicted molar refractivity (Wildman–Crippen MR) is 55.9 cm³/mol. The van der Waals surface area contributed by atoms with E-state index < -0.39 is 0 Å². The fraction of sp³-hybridized carbons (Fsp3) is 0.727. The summed E-state index contributed by atoms with van der Waals surface area (Å²) in [6.45, 7) is 6.07. The highest BCUT2D eigenvalue weighted by molar-refractivity contribution is 5.87. The molecule has 1 aliphatic rings. The molecule has 1 N–H and O–H groups in total. The average Bonchev–Trinajstić information content (AvgIpc) is 2.12. The van der Waals surface area contributed by atoms with Crippen LogP contribution in [0.1, 0.15) is 27.2 Å². The van der Waals surface area contributed by atoms with Crippen molar-refractivity contribution in [3.63, 3.8) is 0 Å². The topological polar surface area (TPSA) is 38.3 Å². The number of methoxy groups -OCH3 is 1. The van der Waals surface area contributed by atoms with Crippen molar-refractivity contribution in [2.75, 3.05) is 7.11 Å². The van der Waals surface area contributed by atoms with Gasteiger partial charge in [0.25, 0.3) is 0 Å². The minimum absolute atomic E-state index is 0.0138. The van der Waals surface area contributed by atoms with Gasteiger partial charge >= 0.3 is 0 Å². The van der Waals surface area contributed by atoms with Gasteiger partial charge in [0.05, 0.1) is 6.10 Å². The Labute approximate surface area is 85.5 Å². The SMILES string of the molecule is C/C=C/C(=O)NC1CC(OC)C1(C)C. The molecule has 1 rings (SSSR count). The highest BCUT2D eigenvalue weighted by Gasteiger charge is 2.48. The van der Waals surface area contributed by atoms with E-state index in [1.54, 1.807) is 19.3 Å². The van der Waals surface area contributed by atoms with Crippen molar-refractivity contribution in [2.45, 2.75) is 39.3 Å². The number of hydrogen-bond donors (Lipinski definition) is 1. The largest absolute Gasteiger partial charge is 0.381 e. The van der Waals surface area contributed by atoms with Gasteiger partial charge in [0.15, 0.2) is 0 Å². The fourth-order valence-electron chi connectivity index (χ4n) is 1.90. The monoisotopic (exact) mass is 197 g/mol. The van der Waals surface area contributed by atoms with Gasteiger partial charge in [0.1, 0.15) is 0 Å². The van der Waals surface area contributed by atoms with E-state index in [4.69, 9.17) is 4.74 Å². The van der Waals surface area contributed by atoms with E-state index in [1.807, 2.05) is 6.92 Å². The van der Waals surface area contributed by atoms with Gasteiger partial charge < -0.3 is 10.1 Å². The summed E-state index contributed by atoms with van der Waals surface area (Å²) < 4.78 is 5.30. The quantitative estimate of drug-likeness (QED) is 0.696. The Balaban J connectivity index is 2.46. The van der Waals surface area contributed by atoms with Gasteiger partial charge in [0.2, 0.25) is 5.91 Å². The lowest BCUT2D eigenvalue weighted by atomic mass is 9.64. The number of carbonyl (C=O) groups is 1. The van der Waals surface area contributed by atoms with E-state index in [9.17, 15) is 4.79 Å². The molecule has 3 nitrogen and oxygen atoms in total. The van der Waals surface area contributed by atoms with Gasteiger partial charge in [0, 0.05) is 18.6 Å². The second-order valence-electron chi connectivity index (χ2n) is 4.34. The maximum atomic E-state index is 11.3. The van der Waals surface area contributed by atoms with Gasteiger partial charge in [-0.25, -0.2) is 0 Å². The second-order valence-corrected chi connectivity index (χ2v) is 4.34. The summed E-state index contributed by atoms with van der Waals surface area (Å²) in [4.78, 5) is 11.3. The van der Waals surface area contributed by atoms with E-state index >= 15 is 0 Å². The Kier molecular flexibility index (Phi) is 3.32. The number of nitrogens with one attached hydrogen (secondary N) is 1. The predicted octanol–water partition coefficient (Wildman–Crippen LogP) is 1.49. The van der Waals surface area contributed by atoms with Crippen LogP contribution in [0, 0.1) is 5.41 Å². The van der Waals surface area contributed by atoms with Crippen molar-refractivity contribution in [2.24, 2.45) is 5.41 Å². The molecule has 0 aromatic rings. The molecule has 0 spiro atoms. The lowest BCUT2D eigenvalue weighted by Gasteiger charge is -2.51. The van der Waals surface area contributed by atoms with Crippen LogP contribution >= 0.6 is 0 Å². The van der Waals surface area contributed by atoms with Gasteiger partial charge in [-0.15, -0.1) is 0 Å². The van der Waals surface area contributed by atoms with Crippen LogP contribution in [0.5, 0.6) is 0 Å². The van der Waals surface area contributed by atoms with Crippen molar-refractivity contribution >= 4 is 5.91 Å². The van der Waals surface area contributed by atoms with Crippen molar-refractivity contribution in [1.29, 1.82) is 0 Å². The molecule has 0 bridgehead atoms. The molecule has 0 heterocycles. The van der Waals surface area contributed by atoms with Crippen molar-refractivity contribution in [1.82, 2.24) is 5.32 Å². The highest BCUT2D eigenvalue weighted by Crippen LogP contribution is 2.42. The Morgan fingerprint density at radius 1 is 1.57 bits per heavy atom. The third-order valence-electron chi connectivity index (χ3n) is 3.10. The summed E-state index contributed by atoms with van der Waals surface area (Å²) in [5.41, 5.74) is 0.0476. The zero-order valence-electron chi connectivity index (χ0n) is 9.33. The molecule has 0 aromatic heterocycles. The van der Waals surface area contributed by atoms with Crippen LogP contribution in [0.4, 0.5) is 0 Å². The zero-order valence-corrected chi connectivity index (χ0v) is 9.33. The van der Waals surface area contributed by atoms with Gasteiger partial charge in [-0.2, -0.15) is 0 Å². The molecule has 0 saturated heterocycles. The molecule has 14 heavy (non-hydrogen) atoms. The molecule has 0 radical (unpaired) electrons. The number of allylic oxidation sites excluding steroid dienone is 1. The van der Waals surface area contributed by atoms with Gasteiger partial charge in [-0.3, -0.25) is 4.79 Å². The van der Waals surface area contributed by atoms with E-state index in [-0.39, 0.29) is 23.5 Å². The van der Waals surface area contributed by atoms with E-state index in [2.05, 4.69) is 19.2 Å². The summed E-state index contributed by atoms with van der Waals surface area (Å²) in [6, 6.07) is 0.233. The smallest absolute Gasteiger partial charge is 0.243 e. The molecule has 3 heteroatoms. The molecule has 2 unspecified atom stereocenters.